The average Bonchev–Trinajstić information content (AvgIpc) is 3.13. The fourth-order valence-electron chi connectivity index (χ4n) is 3.47. The minimum atomic E-state index is -3.18. The van der Waals surface area contributed by atoms with Crippen LogP contribution in [0.3, 0.4) is 0 Å². The molecule has 1 fully saturated rings. The highest BCUT2D eigenvalue weighted by Gasteiger charge is 2.31. The lowest BCUT2D eigenvalue weighted by Gasteiger charge is -2.09. The third-order valence-electron chi connectivity index (χ3n) is 5.20. The molecule has 0 aromatic rings. The number of hydrogen-bond acceptors (Lipinski definition) is 5. The Balaban J connectivity index is 1.66. The molecule has 1 heterocycles. The Hall–Kier alpha value is 0.460. The van der Waals surface area contributed by atoms with E-state index in [-0.39, 0.29) is 0 Å². The molecule has 6 heteroatoms. The van der Waals surface area contributed by atoms with Crippen molar-refractivity contribution >= 4 is 19.6 Å². The Morgan fingerprint density at radius 3 is 1.57 bits per heavy atom. The zero-order valence-corrected chi connectivity index (χ0v) is 20.0. The molecule has 0 saturated carbocycles. The van der Waals surface area contributed by atoms with Gasteiger partial charge in [-0.2, -0.15) is 11.8 Å². The second-order valence-corrected chi connectivity index (χ2v) is 10.8. The van der Waals surface area contributed by atoms with E-state index in [2.05, 4.69) is 6.92 Å². The van der Waals surface area contributed by atoms with Gasteiger partial charge in [-0.25, -0.2) is 4.57 Å². The summed E-state index contributed by atoms with van der Waals surface area (Å²) in [4.78, 5) is 0. The predicted molar refractivity (Wildman–Crippen MR) is 122 cm³/mol. The molecule has 0 radical (unpaired) electrons. The highest BCUT2D eigenvalue weighted by Crippen LogP contribution is 2.52. The van der Waals surface area contributed by atoms with E-state index in [0.717, 1.165) is 11.5 Å². The van der Waals surface area contributed by atoms with Crippen LogP contribution in [0.4, 0.5) is 0 Å². The van der Waals surface area contributed by atoms with Crippen LogP contribution in [0.2, 0.25) is 0 Å². The molecule has 4 nitrogen and oxygen atoms in total. The monoisotopic (exact) mass is 436 g/mol. The second-order valence-electron chi connectivity index (χ2n) is 7.86. The van der Waals surface area contributed by atoms with E-state index in [9.17, 15) is 4.57 Å². The van der Waals surface area contributed by atoms with Crippen molar-refractivity contribution in [2.75, 3.05) is 31.3 Å². The van der Waals surface area contributed by atoms with E-state index in [1.54, 1.807) is 0 Å². The molecule has 0 aliphatic carbocycles. The summed E-state index contributed by atoms with van der Waals surface area (Å²) in [5, 5.41) is 0. The molecule has 0 N–H and O–H groups in total. The largest absolute Gasteiger partial charge is 0.474 e. The quantitative estimate of drug-likeness (QED) is 0.134. The van der Waals surface area contributed by atoms with Gasteiger partial charge in [0.2, 0.25) is 0 Å². The summed E-state index contributed by atoms with van der Waals surface area (Å²) in [5.41, 5.74) is 0. The van der Waals surface area contributed by atoms with Crippen LogP contribution in [0.1, 0.15) is 110 Å². The Kier molecular flexibility index (Phi) is 18.4. The summed E-state index contributed by atoms with van der Waals surface area (Å²) in [6.07, 6.45) is 22.5. The molecule has 1 saturated heterocycles. The third kappa shape index (κ3) is 16.3. The SMILES string of the molecule is CCCCCCCCCCCCCCCCCCSCCOP1(=O)OCCO1. The van der Waals surface area contributed by atoms with Gasteiger partial charge < -0.3 is 0 Å². The van der Waals surface area contributed by atoms with Gasteiger partial charge in [-0.05, 0) is 12.2 Å². The third-order valence-corrected chi connectivity index (χ3v) is 7.73. The zero-order chi connectivity index (χ0) is 20.2. The topological polar surface area (TPSA) is 44.8 Å². The van der Waals surface area contributed by atoms with E-state index in [4.69, 9.17) is 13.6 Å². The first-order valence-electron chi connectivity index (χ1n) is 11.9. The zero-order valence-electron chi connectivity index (χ0n) is 18.3. The van der Waals surface area contributed by atoms with Gasteiger partial charge >= 0.3 is 7.82 Å². The first-order valence-corrected chi connectivity index (χ1v) is 14.5. The lowest BCUT2D eigenvalue weighted by atomic mass is 10.0. The normalized spacial score (nSPS) is 16.0. The van der Waals surface area contributed by atoms with Gasteiger partial charge in [-0.1, -0.05) is 103 Å². The molecule has 0 aromatic heterocycles. The molecule has 0 atom stereocenters. The molecule has 0 amide bonds. The Morgan fingerprint density at radius 2 is 1.11 bits per heavy atom. The molecule has 168 valence electrons. The summed E-state index contributed by atoms with van der Waals surface area (Å²) in [6.45, 7) is 3.49. The molecule has 0 unspecified atom stereocenters. The first kappa shape index (κ1) is 26.5. The molecule has 28 heavy (non-hydrogen) atoms. The number of rotatable bonds is 21. The van der Waals surface area contributed by atoms with Crippen LogP contribution in [0, 0.1) is 0 Å². The highest BCUT2D eigenvalue weighted by atomic mass is 32.2. The number of phosphoric acid groups is 1. The molecule has 0 spiro atoms. The van der Waals surface area contributed by atoms with Crippen LogP contribution in [0.5, 0.6) is 0 Å². The van der Waals surface area contributed by atoms with Crippen LogP contribution >= 0.6 is 19.6 Å². The fourth-order valence-corrected chi connectivity index (χ4v) is 5.54. The molecular weight excluding hydrogens is 391 g/mol. The number of hydrogen-bond donors (Lipinski definition) is 0. The van der Waals surface area contributed by atoms with Crippen molar-refractivity contribution in [3.63, 3.8) is 0 Å². The molecular formula is C22H45O4PS. The van der Waals surface area contributed by atoms with E-state index < -0.39 is 7.82 Å². The van der Waals surface area contributed by atoms with Gasteiger partial charge in [0.05, 0.1) is 19.8 Å². The van der Waals surface area contributed by atoms with Crippen molar-refractivity contribution in [1.29, 1.82) is 0 Å². The van der Waals surface area contributed by atoms with Gasteiger partial charge in [0.1, 0.15) is 0 Å². The van der Waals surface area contributed by atoms with Crippen LogP contribution in [0.25, 0.3) is 0 Å². The molecule has 1 rings (SSSR count). The van der Waals surface area contributed by atoms with Crippen LogP contribution in [-0.4, -0.2) is 31.3 Å². The summed E-state index contributed by atoms with van der Waals surface area (Å²) in [5.74, 6) is 2.02. The molecule has 1 aliphatic heterocycles. The Labute approximate surface area is 178 Å². The molecule has 1 aliphatic rings. The summed E-state index contributed by atoms with van der Waals surface area (Å²) in [6, 6.07) is 0. The van der Waals surface area contributed by atoms with Crippen LogP contribution in [-0.2, 0) is 18.1 Å². The van der Waals surface area contributed by atoms with Gasteiger partial charge in [-0.15, -0.1) is 0 Å². The van der Waals surface area contributed by atoms with Crippen LogP contribution in [0.15, 0.2) is 0 Å². The van der Waals surface area contributed by atoms with E-state index in [1.165, 1.54) is 103 Å². The standard InChI is InChI=1S/C22H45O4PS/c1-2-3-4-5-6-7-8-9-10-11-12-13-14-15-16-17-21-28-22-20-26-27(23)24-18-19-25-27/h2-22H2,1H3. The molecule has 0 bridgehead atoms. The van der Waals surface area contributed by atoms with E-state index in [1.807, 2.05) is 11.8 Å². The second kappa shape index (κ2) is 19.4. The minimum Gasteiger partial charge on any atom is -0.286 e. The maximum atomic E-state index is 11.7. The maximum Gasteiger partial charge on any atom is 0.474 e. The van der Waals surface area contributed by atoms with Crippen molar-refractivity contribution in [2.24, 2.45) is 0 Å². The van der Waals surface area contributed by atoms with Gasteiger partial charge in [0, 0.05) is 5.75 Å². The lowest BCUT2D eigenvalue weighted by molar-refractivity contribution is 0.201. The van der Waals surface area contributed by atoms with Crippen molar-refractivity contribution in [3.8, 4) is 0 Å². The van der Waals surface area contributed by atoms with Gasteiger partial charge in [0.15, 0.2) is 0 Å². The number of thioether (sulfide) groups is 1. The van der Waals surface area contributed by atoms with Crippen LogP contribution < -0.4 is 0 Å². The average molecular weight is 437 g/mol. The minimum absolute atomic E-state index is 0.379. The predicted octanol–water partition coefficient (Wildman–Crippen LogP) is 8.15. The Morgan fingerprint density at radius 1 is 0.679 bits per heavy atom. The van der Waals surface area contributed by atoms with Gasteiger partial charge in [0.25, 0.3) is 0 Å². The summed E-state index contributed by atoms with van der Waals surface area (Å²) < 4.78 is 26.9. The number of phosphoric ester groups is 1. The van der Waals surface area contributed by atoms with Crippen molar-refractivity contribution in [2.45, 2.75) is 110 Å². The van der Waals surface area contributed by atoms with Crippen molar-refractivity contribution in [3.05, 3.63) is 0 Å². The lowest BCUT2D eigenvalue weighted by Crippen LogP contribution is -1.97. The van der Waals surface area contributed by atoms with Crippen molar-refractivity contribution in [1.82, 2.24) is 0 Å². The fraction of sp³-hybridized carbons (Fsp3) is 1.00. The summed E-state index contributed by atoms with van der Waals surface area (Å²) >= 11 is 1.86. The smallest absolute Gasteiger partial charge is 0.286 e. The summed E-state index contributed by atoms with van der Waals surface area (Å²) in [7, 11) is -3.18. The van der Waals surface area contributed by atoms with Crippen molar-refractivity contribution < 1.29 is 18.1 Å². The maximum absolute atomic E-state index is 11.7. The first-order chi connectivity index (χ1) is 13.8. The Bertz CT molecular complexity index is 372. The van der Waals surface area contributed by atoms with E-state index in [0.29, 0.717) is 19.8 Å². The van der Waals surface area contributed by atoms with Gasteiger partial charge in [-0.3, -0.25) is 13.6 Å². The number of unbranched alkanes of at least 4 members (excludes halogenated alkanes) is 15. The van der Waals surface area contributed by atoms with E-state index >= 15 is 0 Å². The highest BCUT2D eigenvalue weighted by molar-refractivity contribution is 7.99. The molecule has 0 aromatic carbocycles.